The Balaban J connectivity index is 1.71. The van der Waals surface area contributed by atoms with Crippen LogP contribution in [0.5, 0.6) is 11.5 Å². The van der Waals surface area contributed by atoms with E-state index >= 15 is 0 Å². The Morgan fingerprint density at radius 3 is 2.73 bits per heavy atom. The smallest absolute Gasteiger partial charge is 0.231 e. The monoisotopic (exact) mass is 319 g/mol. The van der Waals surface area contributed by atoms with Crippen LogP contribution in [0.25, 0.3) is 0 Å². The Labute approximate surface area is 134 Å². The van der Waals surface area contributed by atoms with Crippen LogP contribution in [0.15, 0.2) is 30.3 Å². The van der Waals surface area contributed by atoms with Gasteiger partial charge in [-0.2, -0.15) is 0 Å². The molecule has 2 heterocycles. The van der Waals surface area contributed by atoms with Crippen molar-refractivity contribution in [2.24, 2.45) is 0 Å². The van der Waals surface area contributed by atoms with Crippen molar-refractivity contribution in [3.63, 3.8) is 0 Å². The van der Waals surface area contributed by atoms with Crippen molar-refractivity contribution in [3.8, 4) is 11.5 Å². The highest BCUT2D eigenvalue weighted by Gasteiger charge is 2.16. The van der Waals surface area contributed by atoms with Crippen LogP contribution in [0.3, 0.4) is 0 Å². The summed E-state index contributed by atoms with van der Waals surface area (Å²) in [5.74, 6) is 1.61. The van der Waals surface area contributed by atoms with Gasteiger partial charge in [-0.25, -0.2) is 0 Å². The highest BCUT2D eigenvalue weighted by molar-refractivity contribution is 7.11. The number of nitrogens with zero attached hydrogens (tertiary/aromatic N) is 1. The molecule has 0 saturated carbocycles. The number of aliphatic hydroxyl groups is 1. The second-order valence-corrected chi connectivity index (χ2v) is 7.09. The summed E-state index contributed by atoms with van der Waals surface area (Å²) in [6.45, 7) is 6.50. The number of thiophene rings is 1. The van der Waals surface area contributed by atoms with Crippen LogP contribution >= 0.6 is 11.3 Å². The zero-order valence-corrected chi connectivity index (χ0v) is 13.7. The molecule has 1 N–H and O–H groups in total. The summed E-state index contributed by atoms with van der Waals surface area (Å²) in [4.78, 5) is 4.89. The van der Waals surface area contributed by atoms with E-state index in [0.717, 1.165) is 30.2 Å². The Hall–Kier alpha value is -1.56. The number of ether oxygens (including phenoxy) is 2. The quantitative estimate of drug-likeness (QED) is 0.888. The summed E-state index contributed by atoms with van der Waals surface area (Å²) in [7, 11) is 0. The van der Waals surface area contributed by atoms with Crippen LogP contribution in [0.4, 0.5) is 0 Å². The lowest BCUT2D eigenvalue weighted by Crippen LogP contribution is -2.30. The van der Waals surface area contributed by atoms with E-state index in [9.17, 15) is 5.11 Å². The maximum Gasteiger partial charge on any atom is 0.231 e. The van der Waals surface area contributed by atoms with Gasteiger partial charge in [-0.05, 0) is 43.7 Å². The maximum atomic E-state index is 9.76. The number of hydrogen-bond acceptors (Lipinski definition) is 5. The number of benzene rings is 1. The second-order valence-electron chi connectivity index (χ2n) is 5.72. The van der Waals surface area contributed by atoms with E-state index in [4.69, 9.17) is 9.47 Å². The van der Waals surface area contributed by atoms with Crippen molar-refractivity contribution in [2.75, 3.05) is 13.3 Å². The molecule has 1 atom stereocenters. The van der Waals surface area contributed by atoms with Crippen LogP contribution < -0.4 is 9.47 Å². The largest absolute Gasteiger partial charge is 0.454 e. The lowest BCUT2D eigenvalue weighted by molar-refractivity contribution is 0.118. The van der Waals surface area contributed by atoms with Gasteiger partial charge >= 0.3 is 0 Å². The van der Waals surface area contributed by atoms with Crippen LogP contribution in [-0.2, 0) is 13.1 Å². The molecular weight excluding hydrogens is 298 g/mol. The molecule has 118 valence electrons. The van der Waals surface area contributed by atoms with Gasteiger partial charge in [0.1, 0.15) is 0 Å². The van der Waals surface area contributed by atoms with Gasteiger partial charge in [0, 0.05) is 29.4 Å². The normalized spacial score (nSPS) is 14.5. The summed E-state index contributed by atoms with van der Waals surface area (Å²) >= 11 is 1.81. The van der Waals surface area contributed by atoms with Gasteiger partial charge < -0.3 is 14.6 Å². The van der Waals surface area contributed by atoms with E-state index < -0.39 is 0 Å². The van der Waals surface area contributed by atoms with Gasteiger partial charge in [0.2, 0.25) is 6.79 Å². The zero-order chi connectivity index (χ0) is 15.5. The summed E-state index contributed by atoms with van der Waals surface area (Å²) < 4.78 is 10.8. The minimum atomic E-state index is -0.352. The average molecular weight is 319 g/mol. The fraction of sp³-hybridized carbons (Fsp3) is 0.412. The van der Waals surface area contributed by atoms with Gasteiger partial charge in [-0.15, -0.1) is 11.3 Å². The minimum absolute atomic E-state index is 0.296. The standard InChI is InChI=1S/C17H21NO3S/c1-12(19)8-18(10-15-5-3-13(2)22-15)9-14-4-6-16-17(7-14)21-11-20-16/h3-7,12,19H,8-11H2,1-2H3. The molecule has 0 aliphatic carbocycles. The molecule has 5 heteroatoms. The third-order valence-electron chi connectivity index (χ3n) is 3.54. The third-order valence-corrected chi connectivity index (χ3v) is 4.53. The van der Waals surface area contributed by atoms with Crippen molar-refractivity contribution >= 4 is 11.3 Å². The molecule has 4 nitrogen and oxygen atoms in total. The van der Waals surface area contributed by atoms with Gasteiger partial charge in [-0.1, -0.05) is 6.07 Å². The molecule has 0 amide bonds. The first-order chi connectivity index (χ1) is 10.6. The third kappa shape index (κ3) is 3.80. The van der Waals surface area contributed by atoms with Gasteiger partial charge in [0.05, 0.1) is 6.10 Å². The highest BCUT2D eigenvalue weighted by Crippen LogP contribution is 2.33. The van der Waals surface area contributed by atoms with Crippen molar-refractivity contribution in [1.82, 2.24) is 4.90 Å². The first-order valence-electron chi connectivity index (χ1n) is 7.44. The molecule has 2 aromatic rings. The Kier molecular flexibility index (Phi) is 4.66. The summed E-state index contributed by atoms with van der Waals surface area (Å²) in [6.07, 6.45) is -0.352. The molecule has 1 aromatic heterocycles. The lowest BCUT2D eigenvalue weighted by atomic mass is 10.1. The predicted molar refractivity (Wildman–Crippen MR) is 87.4 cm³/mol. The minimum Gasteiger partial charge on any atom is -0.454 e. The van der Waals surface area contributed by atoms with E-state index in [1.165, 1.54) is 9.75 Å². The lowest BCUT2D eigenvalue weighted by Gasteiger charge is -2.23. The van der Waals surface area contributed by atoms with E-state index in [2.05, 4.69) is 30.0 Å². The number of aliphatic hydroxyl groups excluding tert-OH is 1. The van der Waals surface area contributed by atoms with Gasteiger partial charge in [0.25, 0.3) is 0 Å². The van der Waals surface area contributed by atoms with Crippen molar-refractivity contribution in [1.29, 1.82) is 0 Å². The second kappa shape index (κ2) is 6.69. The molecule has 0 spiro atoms. The van der Waals surface area contributed by atoms with E-state index in [1.807, 2.05) is 19.1 Å². The van der Waals surface area contributed by atoms with Crippen LogP contribution in [0.1, 0.15) is 22.2 Å². The molecule has 0 bridgehead atoms. The van der Waals surface area contributed by atoms with E-state index in [1.54, 1.807) is 11.3 Å². The fourth-order valence-electron chi connectivity index (χ4n) is 2.65. The molecule has 22 heavy (non-hydrogen) atoms. The molecule has 0 fully saturated rings. The molecule has 1 aliphatic rings. The van der Waals surface area contributed by atoms with Crippen molar-refractivity contribution < 1.29 is 14.6 Å². The molecule has 1 unspecified atom stereocenters. The van der Waals surface area contributed by atoms with Crippen LogP contribution in [-0.4, -0.2) is 29.4 Å². The van der Waals surface area contributed by atoms with Crippen molar-refractivity contribution in [3.05, 3.63) is 45.6 Å². The number of fused-ring (bicyclic) bond motifs is 1. The zero-order valence-electron chi connectivity index (χ0n) is 12.9. The van der Waals surface area contributed by atoms with E-state index in [-0.39, 0.29) is 6.10 Å². The van der Waals surface area contributed by atoms with Crippen molar-refractivity contribution in [2.45, 2.75) is 33.0 Å². The number of hydrogen-bond donors (Lipinski definition) is 1. The molecule has 1 aromatic carbocycles. The predicted octanol–water partition coefficient (Wildman–Crippen LogP) is 3.17. The molecule has 0 radical (unpaired) electrons. The topological polar surface area (TPSA) is 41.9 Å². The van der Waals surface area contributed by atoms with Crippen LogP contribution in [0, 0.1) is 6.92 Å². The molecule has 0 saturated heterocycles. The first kappa shape index (κ1) is 15.3. The first-order valence-corrected chi connectivity index (χ1v) is 8.26. The van der Waals surface area contributed by atoms with E-state index in [0.29, 0.717) is 13.3 Å². The summed E-state index contributed by atoms with van der Waals surface area (Å²) in [6, 6.07) is 10.3. The highest BCUT2D eigenvalue weighted by atomic mass is 32.1. The number of aryl methyl sites for hydroxylation is 1. The average Bonchev–Trinajstić information content (AvgIpc) is 3.06. The maximum absolute atomic E-state index is 9.76. The molecule has 1 aliphatic heterocycles. The number of rotatable bonds is 6. The summed E-state index contributed by atoms with van der Waals surface area (Å²) in [5.41, 5.74) is 1.16. The van der Waals surface area contributed by atoms with Gasteiger partial charge in [-0.3, -0.25) is 4.90 Å². The molecular formula is C17H21NO3S. The Morgan fingerprint density at radius 1 is 1.18 bits per heavy atom. The Morgan fingerprint density at radius 2 is 2.00 bits per heavy atom. The fourth-order valence-corrected chi connectivity index (χ4v) is 3.58. The Bertz CT molecular complexity index is 639. The van der Waals surface area contributed by atoms with Crippen LogP contribution in [0.2, 0.25) is 0 Å². The van der Waals surface area contributed by atoms with Gasteiger partial charge in [0.15, 0.2) is 11.5 Å². The summed E-state index contributed by atoms with van der Waals surface area (Å²) in [5, 5.41) is 9.76. The molecule has 3 rings (SSSR count). The SMILES string of the molecule is Cc1ccc(CN(Cc2ccc3c(c2)OCO3)CC(C)O)s1.